The molecule has 0 aromatic heterocycles. The Hall–Kier alpha value is -2.45. The third-order valence-corrected chi connectivity index (χ3v) is 3.13. The number of aliphatic hydroxyl groups excluding tert-OH is 1. The van der Waals surface area contributed by atoms with Crippen LogP contribution in [0, 0.1) is 5.92 Å². The van der Waals surface area contributed by atoms with E-state index in [1.165, 1.54) is 12.1 Å². The van der Waals surface area contributed by atoms with E-state index >= 15 is 0 Å². The van der Waals surface area contributed by atoms with E-state index in [4.69, 9.17) is 10.2 Å². The molecule has 0 aliphatic rings. The zero-order valence-electron chi connectivity index (χ0n) is 11.5. The van der Waals surface area contributed by atoms with Crippen molar-refractivity contribution in [3.05, 3.63) is 35.9 Å². The summed E-state index contributed by atoms with van der Waals surface area (Å²) in [5.74, 6) is -5.39. The summed E-state index contributed by atoms with van der Waals surface area (Å²) in [6.45, 7) is -0.620. The Morgan fingerprint density at radius 3 is 2.05 bits per heavy atom. The van der Waals surface area contributed by atoms with Crippen molar-refractivity contribution in [2.45, 2.75) is 18.6 Å². The van der Waals surface area contributed by atoms with E-state index in [-0.39, 0.29) is 0 Å². The second kappa shape index (κ2) is 8.11. The molecule has 0 fully saturated rings. The molecule has 0 aliphatic carbocycles. The van der Waals surface area contributed by atoms with E-state index in [1.54, 1.807) is 18.2 Å². The van der Waals surface area contributed by atoms with Gasteiger partial charge >= 0.3 is 17.9 Å². The lowest BCUT2D eigenvalue weighted by Gasteiger charge is -2.23. The predicted octanol–water partition coefficient (Wildman–Crippen LogP) is -0.0617. The molecule has 1 aromatic rings. The Balaban J connectivity index is 2.87. The van der Waals surface area contributed by atoms with Crippen LogP contribution in [0.2, 0.25) is 0 Å². The highest BCUT2D eigenvalue weighted by Crippen LogP contribution is 2.26. The highest BCUT2D eigenvalue weighted by Gasteiger charge is 2.33. The SMILES string of the molecule is O=C(O)CNC(CC(C(=O)O)C(O)c1ccccc1)C(=O)O. The van der Waals surface area contributed by atoms with Gasteiger partial charge in [-0.25, -0.2) is 0 Å². The molecule has 3 atom stereocenters. The van der Waals surface area contributed by atoms with Crippen LogP contribution in [0.25, 0.3) is 0 Å². The minimum absolute atomic E-state index is 0.345. The highest BCUT2D eigenvalue weighted by molar-refractivity contribution is 5.77. The molecule has 0 radical (unpaired) electrons. The van der Waals surface area contributed by atoms with Gasteiger partial charge in [0, 0.05) is 0 Å². The average Bonchev–Trinajstić information content (AvgIpc) is 2.46. The topological polar surface area (TPSA) is 144 Å². The first-order valence-corrected chi connectivity index (χ1v) is 6.46. The Labute approximate surface area is 126 Å². The summed E-state index contributed by atoms with van der Waals surface area (Å²) in [5, 5.41) is 39.2. The van der Waals surface area contributed by atoms with E-state index in [1.807, 2.05) is 0 Å². The molecule has 1 rings (SSSR count). The largest absolute Gasteiger partial charge is 0.481 e. The number of aliphatic hydroxyl groups is 1. The van der Waals surface area contributed by atoms with Crippen LogP contribution in [0.4, 0.5) is 0 Å². The molecule has 0 spiro atoms. The number of hydrogen-bond donors (Lipinski definition) is 5. The van der Waals surface area contributed by atoms with Crippen molar-refractivity contribution < 1.29 is 34.8 Å². The predicted molar refractivity (Wildman–Crippen MR) is 74.2 cm³/mol. The normalized spacial score (nSPS) is 14.8. The molecule has 120 valence electrons. The maximum absolute atomic E-state index is 11.3. The molecular weight excluding hydrogens is 294 g/mol. The van der Waals surface area contributed by atoms with Crippen LogP contribution in [0.1, 0.15) is 18.1 Å². The smallest absolute Gasteiger partial charge is 0.320 e. The number of carboxylic acid groups (broad SMARTS) is 3. The van der Waals surface area contributed by atoms with Gasteiger partial charge in [0.1, 0.15) is 6.04 Å². The summed E-state index contributed by atoms with van der Waals surface area (Å²) in [6, 6.07) is 6.60. The first-order chi connectivity index (χ1) is 10.3. The second-order valence-electron chi connectivity index (χ2n) is 4.70. The fourth-order valence-corrected chi connectivity index (χ4v) is 1.98. The number of hydrogen-bond acceptors (Lipinski definition) is 5. The molecule has 0 heterocycles. The van der Waals surface area contributed by atoms with Gasteiger partial charge in [-0.15, -0.1) is 0 Å². The van der Waals surface area contributed by atoms with Crippen molar-refractivity contribution in [1.82, 2.24) is 5.32 Å². The van der Waals surface area contributed by atoms with Crippen LogP contribution < -0.4 is 5.32 Å². The van der Waals surface area contributed by atoms with Crippen LogP contribution in [0.5, 0.6) is 0 Å². The molecule has 22 heavy (non-hydrogen) atoms. The summed E-state index contributed by atoms with van der Waals surface area (Å²) in [4.78, 5) is 32.9. The van der Waals surface area contributed by atoms with Crippen molar-refractivity contribution in [3.8, 4) is 0 Å². The number of carboxylic acids is 3. The fraction of sp³-hybridized carbons (Fsp3) is 0.357. The molecule has 0 aliphatic heterocycles. The summed E-state index contributed by atoms with van der Waals surface area (Å²) in [5.41, 5.74) is 0.345. The van der Waals surface area contributed by atoms with E-state index in [2.05, 4.69) is 5.32 Å². The van der Waals surface area contributed by atoms with E-state index in [9.17, 15) is 24.6 Å². The first kappa shape index (κ1) is 17.6. The Morgan fingerprint density at radius 2 is 1.59 bits per heavy atom. The van der Waals surface area contributed by atoms with Crippen molar-refractivity contribution in [2.75, 3.05) is 6.54 Å². The fourth-order valence-electron chi connectivity index (χ4n) is 1.98. The maximum Gasteiger partial charge on any atom is 0.320 e. The first-order valence-electron chi connectivity index (χ1n) is 6.46. The summed E-state index contributed by atoms with van der Waals surface area (Å²) in [6.07, 6.45) is -1.85. The standard InChI is InChI=1S/C14H17NO7/c16-11(17)7-15-10(14(21)22)6-9(13(19)20)12(18)8-4-2-1-3-5-8/h1-5,9-10,12,15,18H,6-7H2,(H,16,17)(H,19,20)(H,21,22). The lowest BCUT2D eigenvalue weighted by molar-refractivity contribution is -0.148. The Bertz CT molecular complexity index is 531. The number of aliphatic carboxylic acids is 3. The number of nitrogens with one attached hydrogen (secondary N) is 1. The van der Waals surface area contributed by atoms with Crippen LogP contribution in [0.15, 0.2) is 30.3 Å². The number of benzene rings is 1. The van der Waals surface area contributed by atoms with Gasteiger partial charge in [-0.2, -0.15) is 0 Å². The summed E-state index contributed by atoms with van der Waals surface area (Å²) < 4.78 is 0. The van der Waals surface area contributed by atoms with Crippen LogP contribution in [-0.2, 0) is 14.4 Å². The zero-order valence-corrected chi connectivity index (χ0v) is 11.5. The van der Waals surface area contributed by atoms with Crippen molar-refractivity contribution >= 4 is 17.9 Å². The molecule has 1 aromatic carbocycles. The minimum atomic E-state index is -1.40. The van der Waals surface area contributed by atoms with Gasteiger partial charge in [0.2, 0.25) is 0 Å². The molecule has 3 unspecified atom stereocenters. The van der Waals surface area contributed by atoms with Crippen LogP contribution in [0.3, 0.4) is 0 Å². The minimum Gasteiger partial charge on any atom is -0.481 e. The van der Waals surface area contributed by atoms with Gasteiger partial charge in [0.05, 0.1) is 18.6 Å². The van der Waals surface area contributed by atoms with Gasteiger partial charge in [0.15, 0.2) is 0 Å². The van der Waals surface area contributed by atoms with Gasteiger partial charge in [-0.05, 0) is 12.0 Å². The molecule has 0 saturated heterocycles. The van der Waals surface area contributed by atoms with Crippen molar-refractivity contribution in [2.24, 2.45) is 5.92 Å². The van der Waals surface area contributed by atoms with E-state index < -0.39 is 48.9 Å². The molecule has 8 heteroatoms. The van der Waals surface area contributed by atoms with Gasteiger partial charge in [0.25, 0.3) is 0 Å². The molecular formula is C14H17NO7. The number of carbonyl (C=O) groups is 3. The molecule has 8 nitrogen and oxygen atoms in total. The second-order valence-corrected chi connectivity index (χ2v) is 4.70. The lowest BCUT2D eigenvalue weighted by Crippen LogP contribution is -2.43. The zero-order chi connectivity index (χ0) is 16.7. The Kier molecular flexibility index (Phi) is 6.48. The Morgan fingerprint density at radius 1 is 1.00 bits per heavy atom. The van der Waals surface area contributed by atoms with E-state index in [0.717, 1.165) is 0 Å². The quantitative estimate of drug-likeness (QED) is 0.426. The molecule has 0 amide bonds. The van der Waals surface area contributed by atoms with E-state index in [0.29, 0.717) is 5.56 Å². The molecule has 0 saturated carbocycles. The third-order valence-electron chi connectivity index (χ3n) is 3.13. The van der Waals surface area contributed by atoms with Gasteiger partial charge in [-0.1, -0.05) is 30.3 Å². The van der Waals surface area contributed by atoms with Crippen molar-refractivity contribution in [1.29, 1.82) is 0 Å². The van der Waals surface area contributed by atoms with Crippen LogP contribution >= 0.6 is 0 Å². The van der Waals surface area contributed by atoms with Gasteiger partial charge in [-0.3, -0.25) is 19.7 Å². The van der Waals surface area contributed by atoms with Crippen molar-refractivity contribution in [3.63, 3.8) is 0 Å². The van der Waals surface area contributed by atoms with Gasteiger partial charge < -0.3 is 20.4 Å². The molecule has 0 bridgehead atoms. The lowest BCUT2D eigenvalue weighted by atomic mass is 9.90. The maximum atomic E-state index is 11.3. The third kappa shape index (κ3) is 5.15. The average molecular weight is 311 g/mol. The molecule has 5 N–H and O–H groups in total. The summed E-state index contributed by atoms with van der Waals surface area (Å²) in [7, 11) is 0. The summed E-state index contributed by atoms with van der Waals surface area (Å²) >= 11 is 0. The monoisotopic (exact) mass is 311 g/mol. The number of rotatable bonds is 9. The highest BCUT2D eigenvalue weighted by atomic mass is 16.4. The van der Waals surface area contributed by atoms with Crippen LogP contribution in [-0.4, -0.2) is 50.9 Å².